The Labute approximate surface area is 153 Å². The standard InChI is InChI=1S/C12H21N3O9S2/c13-7(12(20)21)1-2-9(16)15-8(11(19)14-5-10(17)18)6-25-3-4-26(22,23)24/h7-8H,1-6,13H2,(H,14,19)(H,15,16)(H,17,18)(H,20,21)(H,22,23,24)/t7-,8-/m0/s1. The fourth-order valence-corrected chi connectivity index (χ4v) is 3.46. The van der Waals surface area contributed by atoms with E-state index in [-0.39, 0.29) is 24.3 Å². The summed E-state index contributed by atoms with van der Waals surface area (Å²) in [6.45, 7) is -0.676. The molecule has 0 aromatic heterocycles. The van der Waals surface area contributed by atoms with Crippen LogP contribution in [0.15, 0.2) is 0 Å². The van der Waals surface area contributed by atoms with Crippen LogP contribution in [-0.2, 0) is 29.3 Å². The molecule has 0 saturated carbocycles. The number of carboxylic acid groups (broad SMARTS) is 2. The van der Waals surface area contributed by atoms with E-state index in [0.29, 0.717) is 0 Å². The van der Waals surface area contributed by atoms with Crippen LogP contribution in [0.4, 0.5) is 0 Å². The molecule has 2 atom stereocenters. The lowest BCUT2D eigenvalue weighted by atomic mass is 10.1. The lowest BCUT2D eigenvalue weighted by Gasteiger charge is -2.18. The molecule has 0 unspecified atom stereocenters. The van der Waals surface area contributed by atoms with Crippen LogP contribution in [-0.4, -0.2) is 82.8 Å². The minimum absolute atomic E-state index is 0.0543. The molecule has 2 amide bonds. The molecule has 0 heterocycles. The highest BCUT2D eigenvalue weighted by molar-refractivity contribution is 8.00. The van der Waals surface area contributed by atoms with E-state index < -0.39 is 58.3 Å². The van der Waals surface area contributed by atoms with Gasteiger partial charge in [-0.25, -0.2) is 0 Å². The van der Waals surface area contributed by atoms with Gasteiger partial charge in [0.05, 0.1) is 5.75 Å². The van der Waals surface area contributed by atoms with Crippen LogP contribution >= 0.6 is 11.8 Å². The average molecular weight is 415 g/mol. The molecule has 0 aliphatic carbocycles. The maximum atomic E-state index is 11.9. The summed E-state index contributed by atoms with van der Waals surface area (Å²) in [6.07, 6.45) is -0.438. The second-order valence-corrected chi connectivity index (χ2v) is 7.80. The zero-order valence-electron chi connectivity index (χ0n) is 13.6. The van der Waals surface area contributed by atoms with Gasteiger partial charge < -0.3 is 26.6 Å². The summed E-state index contributed by atoms with van der Waals surface area (Å²) < 4.78 is 29.9. The molecule has 0 aliphatic heterocycles. The van der Waals surface area contributed by atoms with Gasteiger partial charge in [0.2, 0.25) is 11.8 Å². The summed E-state index contributed by atoms with van der Waals surface area (Å²) in [5.41, 5.74) is 5.27. The molecule has 0 rings (SSSR count). The molecule has 7 N–H and O–H groups in total. The first-order valence-corrected chi connectivity index (χ1v) is 9.99. The number of hydrogen-bond acceptors (Lipinski definition) is 8. The predicted molar refractivity (Wildman–Crippen MR) is 91.2 cm³/mol. The van der Waals surface area contributed by atoms with E-state index in [1.807, 2.05) is 0 Å². The summed E-state index contributed by atoms with van der Waals surface area (Å²) >= 11 is 0.941. The normalized spacial score (nSPS) is 13.5. The Bertz CT molecular complexity index is 623. The Morgan fingerprint density at radius 1 is 1.15 bits per heavy atom. The van der Waals surface area contributed by atoms with Crippen molar-refractivity contribution in [1.29, 1.82) is 0 Å². The first-order valence-electron chi connectivity index (χ1n) is 7.22. The zero-order chi connectivity index (χ0) is 20.3. The minimum Gasteiger partial charge on any atom is -0.480 e. The molecule has 12 nitrogen and oxygen atoms in total. The van der Waals surface area contributed by atoms with Crippen molar-refractivity contribution < 1.29 is 42.4 Å². The third-order valence-electron chi connectivity index (χ3n) is 2.84. The van der Waals surface area contributed by atoms with Gasteiger partial charge in [0, 0.05) is 17.9 Å². The van der Waals surface area contributed by atoms with Gasteiger partial charge in [-0.2, -0.15) is 20.2 Å². The number of rotatable bonds is 13. The number of nitrogens with two attached hydrogens (primary N) is 1. The highest BCUT2D eigenvalue weighted by Gasteiger charge is 2.22. The molecule has 0 aliphatic rings. The smallest absolute Gasteiger partial charge is 0.322 e. The maximum Gasteiger partial charge on any atom is 0.322 e. The Kier molecular flexibility index (Phi) is 10.8. The van der Waals surface area contributed by atoms with Crippen molar-refractivity contribution in [2.45, 2.75) is 24.9 Å². The Morgan fingerprint density at radius 3 is 2.27 bits per heavy atom. The molecule has 0 bridgehead atoms. The quantitative estimate of drug-likeness (QED) is 0.136. The highest BCUT2D eigenvalue weighted by Crippen LogP contribution is 2.06. The summed E-state index contributed by atoms with van der Waals surface area (Å²) in [5.74, 6) is -4.75. The topological polar surface area (TPSA) is 213 Å². The van der Waals surface area contributed by atoms with E-state index in [4.69, 9.17) is 20.5 Å². The minimum atomic E-state index is -4.17. The molecule has 150 valence electrons. The van der Waals surface area contributed by atoms with E-state index in [0.717, 1.165) is 11.8 Å². The van der Waals surface area contributed by atoms with Crippen LogP contribution < -0.4 is 16.4 Å². The van der Waals surface area contributed by atoms with Crippen LogP contribution in [0.1, 0.15) is 12.8 Å². The van der Waals surface area contributed by atoms with Gasteiger partial charge in [0.15, 0.2) is 0 Å². The maximum absolute atomic E-state index is 11.9. The molecule has 26 heavy (non-hydrogen) atoms. The summed E-state index contributed by atoms with van der Waals surface area (Å²) in [4.78, 5) is 44.8. The van der Waals surface area contributed by atoms with E-state index in [9.17, 15) is 27.6 Å². The number of nitrogens with one attached hydrogen (secondary N) is 2. The number of thioether (sulfide) groups is 1. The number of carbonyl (C=O) groups excluding carboxylic acids is 2. The van der Waals surface area contributed by atoms with Gasteiger partial charge in [-0.1, -0.05) is 0 Å². The first kappa shape index (κ1) is 24.1. The predicted octanol–water partition coefficient (Wildman–Crippen LogP) is -2.51. The number of carboxylic acids is 2. The van der Waals surface area contributed by atoms with E-state index in [1.165, 1.54) is 0 Å². The van der Waals surface area contributed by atoms with Crippen molar-refractivity contribution in [1.82, 2.24) is 10.6 Å². The second kappa shape index (κ2) is 11.7. The van der Waals surface area contributed by atoms with Crippen molar-refractivity contribution >= 4 is 45.6 Å². The lowest BCUT2D eigenvalue weighted by Crippen LogP contribution is -2.49. The van der Waals surface area contributed by atoms with Gasteiger partial charge in [-0.3, -0.25) is 23.7 Å². The van der Waals surface area contributed by atoms with E-state index >= 15 is 0 Å². The van der Waals surface area contributed by atoms with Gasteiger partial charge in [-0.15, -0.1) is 0 Å². The monoisotopic (exact) mass is 415 g/mol. The third kappa shape index (κ3) is 12.5. The second-order valence-electron chi connectivity index (χ2n) is 5.08. The molecule has 0 aromatic carbocycles. The van der Waals surface area contributed by atoms with Crippen LogP contribution in [0.3, 0.4) is 0 Å². The van der Waals surface area contributed by atoms with Crippen LogP contribution in [0.2, 0.25) is 0 Å². The zero-order valence-corrected chi connectivity index (χ0v) is 15.2. The van der Waals surface area contributed by atoms with Crippen LogP contribution in [0.5, 0.6) is 0 Å². The highest BCUT2D eigenvalue weighted by atomic mass is 32.2. The molecular formula is C12H21N3O9S2. The third-order valence-corrected chi connectivity index (χ3v) is 4.88. The SMILES string of the molecule is N[C@@H](CCC(=O)N[C@@H](CSCCS(=O)(=O)O)C(=O)NCC(=O)O)C(=O)O. The molecule has 0 fully saturated rings. The Hall–Kier alpha value is -1.90. The van der Waals surface area contributed by atoms with Crippen molar-refractivity contribution in [2.24, 2.45) is 5.73 Å². The van der Waals surface area contributed by atoms with Gasteiger partial charge in [-0.05, 0) is 6.42 Å². The van der Waals surface area contributed by atoms with Gasteiger partial charge >= 0.3 is 11.9 Å². The fraction of sp³-hybridized carbons (Fsp3) is 0.667. The number of hydrogen-bond donors (Lipinski definition) is 6. The average Bonchev–Trinajstić information content (AvgIpc) is 2.51. The van der Waals surface area contributed by atoms with Gasteiger partial charge in [0.25, 0.3) is 10.1 Å². The van der Waals surface area contributed by atoms with Crippen LogP contribution in [0.25, 0.3) is 0 Å². The molecule has 0 aromatic rings. The van der Waals surface area contributed by atoms with Crippen molar-refractivity contribution in [3.8, 4) is 0 Å². The van der Waals surface area contributed by atoms with E-state index in [2.05, 4.69) is 10.6 Å². The fourth-order valence-electron chi connectivity index (χ4n) is 1.51. The van der Waals surface area contributed by atoms with Gasteiger partial charge in [0.1, 0.15) is 18.6 Å². The number of amides is 2. The molecule has 0 saturated heterocycles. The molecule has 14 heteroatoms. The van der Waals surface area contributed by atoms with Crippen molar-refractivity contribution in [2.75, 3.05) is 23.8 Å². The molecule has 0 radical (unpaired) electrons. The number of carbonyl (C=O) groups is 4. The molecule has 0 spiro atoms. The Morgan fingerprint density at radius 2 is 1.77 bits per heavy atom. The Balaban J connectivity index is 4.64. The number of aliphatic carboxylic acids is 2. The largest absolute Gasteiger partial charge is 0.480 e. The summed E-state index contributed by atoms with van der Waals surface area (Å²) in [7, 11) is -4.17. The van der Waals surface area contributed by atoms with Crippen molar-refractivity contribution in [3.05, 3.63) is 0 Å². The first-order chi connectivity index (χ1) is 11.9. The van der Waals surface area contributed by atoms with Crippen LogP contribution in [0, 0.1) is 0 Å². The van der Waals surface area contributed by atoms with Crippen molar-refractivity contribution in [3.63, 3.8) is 0 Å². The summed E-state index contributed by atoms with van der Waals surface area (Å²) in [6, 6.07) is -2.42. The van der Waals surface area contributed by atoms with E-state index in [1.54, 1.807) is 0 Å². The lowest BCUT2D eigenvalue weighted by molar-refractivity contribution is -0.139. The molecular weight excluding hydrogens is 394 g/mol. The summed E-state index contributed by atoms with van der Waals surface area (Å²) in [5, 5.41) is 21.6.